The summed E-state index contributed by atoms with van der Waals surface area (Å²) in [6, 6.07) is 9.27. The number of hydrogen-bond donors (Lipinski definition) is 2. The molecule has 0 fully saturated rings. The maximum atomic E-state index is 10.6. The Kier molecular flexibility index (Phi) is 3.96. The van der Waals surface area contributed by atoms with Crippen molar-refractivity contribution < 1.29 is 27.0 Å². The molecule has 0 bridgehead atoms. The van der Waals surface area contributed by atoms with Crippen LogP contribution in [0.5, 0.6) is 0 Å². The number of carboxylic acids is 1. The van der Waals surface area contributed by atoms with Gasteiger partial charge in [0.1, 0.15) is 17.2 Å². The standard InChI is InChI=1S/C9H8N4O2.ClH/c14-9(15)6-8-10-11-12-13(8)7-4-2-1-3-5-7;/h1-5H,6H2,(H,14,15);1H. The number of aromatic nitrogens is 4. The van der Waals surface area contributed by atoms with Crippen molar-refractivity contribution in [1.29, 1.82) is 0 Å². The number of H-pyrrole nitrogens is 1. The molecule has 0 saturated heterocycles. The number of hydrogen-bond acceptors (Lipinski definition) is 3. The predicted octanol–water partition coefficient (Wildman–Crippen LogP) is -3.29. The minimum absolute atomic E-state index is 0. The third-order valence-corrected chi connectivity index (χ3v) is 1.89. The van der Waals surface area contributed by atoms with Gasteiger partial charge in [-0.3, -0.25) is 4.79 Å². The lowest BCUT2D eigenvalue weighted by Crippen LogP contribution is -3.00. The zero-order valence-electron chi connectivity index (χ0n) is 8.17. The zero-order chi connectivity index (χ0) is 10.7. The molecule has 0 radical (unpaired) electrons. The number of tetrazole rings is 1. The van der Waals surface area contributed by atoms with Crippen LogP contribution in [0.25, 0.3) is 5.69 Å². The molecule has 0 aliphatic carbocycles. The van der Waals surface area contributed by atoms with Crippen molar-refractivity contribution in [3.63, 3.8) is 0 Å². The summed E-state index contributed by atoms with van der Waals surface area (Å²) in [7, 11) is 0. The Hall–Kier alpha value is -1.95. The van der Waals surface area contributed by atoms with Gasteiger partial charge in [0.25, 0.3) is 0 Å². The van der Waals surface area contributed by atoms with Crippen molar-refractivity contribution in [2.75, 3.05) is 0 Å². The second kappa shape index (κ2) is 5.22. The summed E-state index contributed by atoms with van der Waals surface area (Å²) in [5.41, 5.74) is 0.804. The van der Waals surface area contributed by atoms with Crippen LogP contribution < -0.4 is 17.1 Å². The van der Waals surface area contributed by atoms with Gasteiger partial charge in [-0.05, 0) is 12.1 Å². The number of carboxylic acid groups (broad SMARTS) is 1. The zero-order valence-corrected chi connectivity index (χ0v) is 8.92. The summed E-state index contributed by atoms with van der Waals surface area (Å²) in [4.78, 5) is 10.6. The number of halogens is 1. The first kappa shape index (κ1) is 12.1. The maximum Gasteiger partial charge on any atom is 0.317 e. The maximum absolute atomic E-state index is 10.6. The van der Waals surface area contributed by atoms with Gasteiger partial charge in [-0.25, -0.2) is 0 Å². The largest absolute Gasteiger partial charge is 1.00 e. The van der Waals surface area contributed by atoms with Gasteiger partial charge in [-0.15, -0.1) is 4.68 Å². The first-order valence-electron chi connectivity index (χ1n) is 4.36. The van der Waals surface area contributed by atoms with Crippen molar-refractivity contribution in [3.05, 3.63) is 36.2 Å². The molecule has 0 atom stereocenters. The van der Waals surface area contributed by atoms with E-state index in [1.165, 1.54) is 4.68 Å². The molecule has 2 aromatic rings. The number of aromatic amines is 1. The molecule has 0 aliphatic rings. The van der Waals surface area contributed by atoms with Crippen LogP contribution in [0.15, 0.2) is 30.3 Å². The smallest absolute Gasteiger partial charge is 0.317 e. The number of benzene rings is 1. The highest BCUT2D eigenvalue weighted by atomic mass is 35.5. The molecule has 0 aliphatic heterocycles. The Morgan fingerprint density at radius 2 is 2.06 bits per heavy atom. The van der Waals surface area contributed by atoms with E-state index in [2.05, 4.69) is 15.5 Å². The van der Waals surface area contributed by atoms with Crippen LogP contribution in [0.4, 0.5) is 0 Å². The fourth-order valence-corrected chi connectivity index (χ4v) is 1.26. The molecule has 84 valence electrons. The molecule has 16 heavy (non-hydrogen) atoms. The van der Waals surface area contributed by atoms with E-state index in [1.54, 1.807) is 0 Å². The first-order chi connectivity index (χ1) is 7.27. The van der Waals surface area contributed by atoms with Crippen molar-refractivity contribution in [2.45, 2.75) is 6.42 Å². The van der Waals surface area contributed by atoms with E-state index in [1.807, 2.05) is 30.3 Å². The first-order valence-corrected chi connectivity index (χ1v) is 4.36. The van der Waals surface area contributed by atoms with Crippen molar-refractivity contribution in [1.82, 2.24) is 15.5 Å². The van der Waals surface area contributed by atoms with Crippen LogP contribution in [0.1, 0.15) is 5.82 Å². The van der Waals surface area contributed by atoms with E-state index >= 15 is 0 Å². The topological polar surface area (TPSA) is 82.8 Å². The van der Waals surface area contributed by atoms with Gasteiger partial charge in [0.2, 0.25) is 0 Å². The molecular weight excluding hydrogens is 232 g/mol. The average molecular weight is 241 g/mol. The third-order valence-electron chi connectivity index (χ3n) is 1.89. The van der Waals surface area contributed by atoms with Crippen molar-refractivity contribution >= 4 is 5.97 Å². The van der Waals surface area contributed by atoms with Crippen LogP contribution in [0.3, 0.4) is 0 Å². The Morgan fingerprint density at radius 1 is 1.38 bits per heavy atom. The lowest BCUT2D eigenvalue weighted by molar-refractivity contribution is -0.667. The molecular formula is C9H9ClN4O2. The molecule has 0 spiro atoms. The number of carbonyl (C=O) groups is 1. The number of nitrogens with one attached hydrogen (secondary N) is 1. The fraction of sp³-hybridized carbons (Fsp3) is 0.111. The van der Waals surface area contributed by atoms with Gasteiger partial charge in [-0.2, -0.15) is 0 Å². The molecule has 2 rings (SSSR count). The summed E-state index contributed by atoms with van der Waals surface area (Å²) < 4.78 is 1.54. The molecule has 7 heteroatoms. The van der Waals surface area contributed by atoms with Crippen LogP contribution in [0, 0.1) is 0 Å². The fourth-order valence-electron chi connectivity index (χ4n) is 1.26. The monoisotopic (exact) mass is 240 g/mol. The normalized spacial score (nSPS) is 9.50. The van der Waals surface area contributed by atoms with Gasteiger partial charge < -0.3 is 17.5 Å². The Bertz CT molecular complexity index is 471. The van der Waals surface area contributed by atoms with Crippen LogP contribution in [0.2, 0.25) is 0 Å². The molecule has 0 amide bonds. The third kappa shape index (κ3) is 2.54. The summed E-state index contributed by atoms with van der Waals surface area (Å²) in [5, 5.41) is 18.6. The van der Waals surface area contributed by atoms with Crippen molar-refractivity contribution in [2.24, 2.45) is 0 Å². The Labute approximate surface area is 97.3 Å². The van der Waals surface area contributed by atoms with Gasteiger partial charge in [-0.1, -0.05) is 23.4 Å². The Morgan fingerprint density at radius 3 is 2.69 bits per heavy atom. The molecule has 0 unspecified atom stereocenters. The summed E-state index contributed by atoms with van der Waals surface area (Å²) in [5.74, 6) is -0.567. The Balaban J connectivity index is 0.00000128. The SMILES string of the molecule is O=C(O)Cc1nn[nH][n+]1-c1ccccc1.[Cl-]. The number of para-hydroxylation sites is 1. The highest BCUT2D eigenvalue weighted by Gasteiger charge is 2.18. The lowest BCUT2D eigenvalue weighted by atomic mass is 10.3. The molecule has 1 aromatic heterocycles. The quantitative estimate of drug-likeness (QED) is 0.551. The van der Waals surface area contributed by atoms with Crippen molar-refractivity contribution in [3.8, 4) is 5.69 Å². The second-order valence-electron chi connectivity index (χ2n) is 2.96. The summed E-state index contributed by atoms with van der Waals surface area (Å²) >= 11 is 0. The minimum atomic E-state index is -0.936. The van der Waals surface area contributed by atoms with E-state index < -0.39 is 5.97 Å². The molecule has 1 aromatic carbocycles. The van der Waals surface area contributed by atoms with Gasteiger partial charge >= 0.3 is 11.8 Å². The van der Waals surface area contributed by atoms with Gasteiger partial charge in [0, 0.05) is 0 Å². The highest BCUT2D eigenvalue weighted by Crippen LogP contribution is 1.97. The number of nitrogens with zero attached hydrogens (tertiary/aromatic N) is 3. The summed E-state index contributed by atoms with van der Waals surface area (Å²) in [6.45, 7) is 0. The van der Waals surface area contributed by atoms with E-state index in [4.69, 9.17) is 5.11 Å². The van der Waals surface area contributed by atoms with Gasteiger partial charge in [0.05, 0.1) is 0 Å². The van der Waals surface area contributed by atoms with Crippen LogP contribution >= 0.6 is 0 Å². The van der Waals surface area contributed by atoms with E-state index in [0.717, 1.165) is 5.69 Å². The minimum Gasteiger partial charge on any atom is -1.00 e. The number of aliphatic carboxylic acids is 1. The van der Waals surface area contributed by atoms with E-state index in [9.17, 15) is 4.79 Å². The van der Waals surface area contributed by atoms with Crippen LogP contribution in [-0.2, 0) is 11.2 Å². The molecule has 2 N–H and O–H groups in total. The van der Waals surface area contributed by atoms with Crippen LogP contribution in [-0.4, -0.2) is 26.6 Å². The summed E-state index contributed by atoms with van der Waals surface area (Å²) in [6.07, 6.45) is -0.161. The average Bonchev–Trinajstić information content (AvgIpc) is 2.66. The molecule has 6 nitrogen and oxygen atoms in total. The predicted molar refractivity (Wildman–Crippen MR) is 49.3 cm³/mol. The van der Waals surface area contributed by atoms with Gasteiger partial charge in [0.15, 0.2) is 5.21 Å². The highest BCUT2D eigenvalue weighted by molar-refractivity contribution is 5.68. The van der Waals surface area contributed by atoms with E-state index in [-0.39, 0.29) is 18.8 Å². The lowest BCUT2D eigenvalue weighted by Gasteiger charge is -1.95. The molecule has 0 saturated carbocycles. The molecule has 1 heterocycles. The van der Waals surface area contributed by atoms with E-state index in [0.29, 0.717) is 5.82 Å². The second-order valence-corrected chi connectivity index (χ2v) is 2.96. The number of rotatable bonds is 3.